The fourth-order valence-corrected chi connectivity index (χ4v) is 3.80. The lowest BCUT2D eigenvalue weighted by Crippen LogP contribution is -2.35. The molecule has 1 aromatic rings. The number of aromatic nitrogens is 2. The molecule has 0 aliphatic carbocycles. The minimum absolute atomic E-state index is 0.00283. The predicted octanol–water partition coefficient (Wildman–Crippen LogP) is 0.821. The minimum atomic E-state index is -3.71. The molecule has 18 heavy (non-hydrogen) atoms. The second kappa shape index (κ2) is 6.01. The summed E-state index contributed by atoms with van der Waals surface area (Å²) in [5.74, 6) is 0. The van der Waals surface area contributed by atoms with E-state index in [9.17, 15) is 8.42 Å². The Hall–Kier alpha value is -0.630. The van der Waals surface area contributed by atoms with Crippen molar-refractivity contribution in [1.29, 1.82) is 0 Å². The van der Waals surface area contributed by atoms with Gasteiger partial charge in [-0.25, -0.2) is 13.1 Å². The highest BCUT2D eigenvalue weighted by Gasteiger charge is 2.27. The third kappa shape index (κ3) is 3.23. The average Bonchev–Trinajstić information content (AvgIpc) is 2.52. The third-order valence-electron chi connectivity index (χ3n) is 2.66. The lowest BCUT2D eigenvalue weighted by Gasteiger charge is -2.15. The fourth-order valence-electron chi connectivity index (χ4n) is 1.70. The Bertz CT molecular complexity index is 513. The molecule has 1 unspecified atom stereocenters. The summed E-state index contributed by atoms with van der Waals surface area (Å²) < 4.78 is 28.2. The van der Waals surface area contributed by atoms with E-state index in [1.807, 2.05) is 6.92 Å². The first-order valence-electron chi connectivity index (χ1n) is 5.65. The van der Waals surface area contributed by atoms with Gasteiger partial charge < -0.3 is 5.11 Å². The Balaban J connectivity index is 3.06. The molecule has 104 valence electrons. The maximum absolute atomic E-state index is 12.2. The summed E-state index contributed by atoms with van der Waals surface area (Å²) >= 11 is 5.93. The second-order valence-corrected chi connectivity index (χ2v) is 6.08. The molecule has 1 rings (SSSR count). The maximum atomic E-state index is 12.2. The molecule has 2 N–H and O–H groups in total. The third-order valence-corrected chi connectivity index (χ3v) is 4.88. The van der Waals surface area contributed by atoms with Crippen LogP contribution in [0.2, 0.25) is 5.15 Å². The van der Waals surface area contributed by atoms with Gasteiger partial charge in [-0.2, -0.15) is 5.10 Å². The molecule has 1 atom stereocenters. The number of aliphatic hydroxyl groups is 1. The van der Waals surface area contributed by atoms with E-state index >= 15 is 0 Å². The van der Waals surface area contributed by atoms with Crippen molar-refractivity contribution in [2.75, 3.05) is 6.61 Å². The smallest absolute Gasteiger partial charge is 0.245 e. The zero-order valence-corrected chi connectivity index (χ0v) is 12.2. The molecule has 6 nitrogen and oxygen atoms in total. The minimum Gasteiger partial charge on any atom is -0.396 e. The summed E-state index contributed by atoms with van der Waals surface area (Å²) in [4.78, 5) is 0.00283. The van der Waals surface area contributed by atoms with Crippen molar-refractivity contribution in [3.63, 3.8) is 0 Å². The van der Waals surface area contributed by atoms with Crippen LogP contribution in [0.25, 0.3) is 0 Å². The quantitative estimate of drug-likeness (QED) is 0.814. The van der Waals surface area contributed by atoms with E-state index in [1.165, 1.54) is 4.68 Å². The van der Waals surface area contributed by atoms with Crippen molar-refractivity contribution in [3.8, 4) is 0 Å². The van der Waals surface area contributed by atoms with Crippen LogP contribution in [0.1, 0.15) is 25.5 Å². The molecular weight excluding hydrogens is 278 g/mol. The fraction of sp³-hybridized carbons (Fsp3) is 0.700. The molecule has 1 aromatic heterocycles. The van der Waals surface area contributed by atoms with Crippen LogP contribution in [0.15, 0.2) is 4.90 Å². The van der Waals surface area contributed by atoms with Crippen molar-refractivity contribution in [2.24, 2.45) is 7.05 Å². The molecule has 0 amide bonds. The van der Waals surface area contributed by atoms with E-state index in [2.05, 4.69) is 9.82 Å². The number of hydrogen-bond acceptors (Lipinski definition) is 4. The monoisotopic (exact) mass is 295 g/mol. The number of rotatable bonds is 6. The van der Waals surface area contributed by atoms with Gasteiger partial charge in [-0.1, -0.05) is 18.5 Å². The standard InChI is InChI=1S/C10H18ClN3O3S/c1-4-8(5-6-15)13-18(16,17)9-7(2)12-14(3)10(9)11/h8,13,15H,4-6H2,1-3H3. The van der Waals surface area contributed by atoms with Crippen LogP contribution in [0.5, 0.6) is 0 Å². The number of sulfonamides is 1. The molecule has 0 bridgehead atoms. The van der Waals surface area contributed by atoms with Crippen molar-refractivity contribution in [2.45, 2.75) is 37.6 Å². The summed E-state index contributed by atoms with van der Waals surface area (Å²) in [5.41, 5.74) is 0.355. The van der Waals surface area contributed by atoms with Crippen LogP contribution in [-0.2, 0) is 17.1 Å². The van der Waals surface area contributed by atoms with Gasteiger partial charge in [0, 0.05) is 19.7 Å². The molecule has 0 saturated carbocycles. The first-order chi connectivity index (χ1) is 8.33. The van der Waals surface area contributed by atoms with Crippen molar-refractivity contribution >= 4 is 21.6 Å². The van der Waals surface area contributed by atoms with Crippen molar-refractivity contribution in [3.05, 3.63) is 10.8 Å². The van der Waals surface area contributed by atoms with Gasteiger partial charge in [0.05, 0.1) is 5.69 Å². The highest BCUT2D eigenvalue weighted by atomic mass is 35.5. The first-order valence-corrected chi connectivity index (χ1v) is 7.51. The lowest BCUT2D eigenvalue weighted by atomic mass is 10.2. The Labute approximate surface area is 112 Å². The molecule has 0 aromatic carbocycles. The van der Waals surface area contributed by atoms with Gasteiger partial charge in [-0.15, -0.1) is 0 Å². The molecule has 0 fully saturated rings. The molecule has 0 spiro atoms. The number of aliphatic hydroxyl groups excluding tert-OH is 1. The van der Waals surface area contributed by atoms with E-state index in [4.69, 9.17) is 16.7 Å². The number of aryl methyl sites for hydroxylation is 2. The molecule has 0 aliphatic rings. The highest BCUT2D eigenvalue weighted by molar-refractivity contribution is 7.89. The van der Waals surface area contributed by atoms with Gasteiger partial charge in [0.1, 0.15) is 10.0 Å². The SMILES string of the molecule is CCC(CCO)NS(=O)(=O)c1c(C)nn(C)c1Cl. The predicted molar refractivity (Wildman–Crippen MR) is 69.1 cm³/mol. The van der Waals surface area contributed by atoms with Gasteiger partial charge in [0.25, 0.3) is 0 Å². The van der Waals surface area contributed by atoms with Gasteiger partial charge in [-0.05, 0) is 19.8 Å². The lowest BCUT2D eigenvalue weighted by molar-refractivity contribution is 0.270. The van der Waals surface area contributed by atoms with Gasteiger partial charge >= 0.3 is 0 Å². The summed E-state index contributed by atoms with van der Waals surface area (Å²) in [6, 6.07) is -0.310. The van der Waals surface area contributed by atoms with E-state index in [-0.39, 0.29) is 22.7 Å². The number of nitrogens with one attached hydrogen (secondary N) is 1. The topological polar surface area (TPSA) is 84.2 Å². The molecule has 0 saturated heterocycles. The normalized spacial score (nSPS) is 13.8. The number of hydrogen-bond donors (Lipinski definition) is 2. The molecule has 0 radical (unpaired) electrons. The van der Waals surface area contributed by atoms with Gasteiger partial charge in [0.15, 0.2) is 0 Å². The summed E-state index contributed by atoms with van der Waals surface area (Å²) in [5, 5.41) is 12.9. The highest BCUT2D eigenvalue weighted by Crippen LogP contribution is 2.24. The Morgan fingerprint density at radius 1 is 1.56 bits per heavy atom. The molecule has 1 heterocycles. The Morgan fingerprint density at radius 3 is 2.56 bits per heavy atom. The average molecular weight is 296 g/mol. The second-order valence-electron chi connectivity index (χ2n) is 4.07. The van der Waals surface area contributed by atoms with Gasteiger partial charge in [-0.3, -0.25) is 4.68 Å². The summed E-state index contributed by atoms with van der Waals surface area (Å²) in [6.07, 6.45) is 0.962. The van der Waals surface area contributed by atoms with Crippen LogP contribution in [-0.4, -0.2) is 36.0 Å². The van der Waals surface area contributed by atoms with E-state index in [0.717, 1.165) is 0 Å². The van der Waals surface area contributed by atoms with Crippen LogP contribution in [0.4, 0.5) is 0 Å². The van der Waals surface area contributed by atoms with Crippen molar-refractivity contribution in [1.82, 2.24) is 14.5 Å². The van der Waals surface area contributed by atoms with Crippen LogP contribution in [0.3, 0.4) is 0 Å². The van der Waals surface area contributed by atoms with Crippen LogP contribution in [0, 0.1) is 6.92 Å². The van der Waals surface area contributed by atoms with Crippen molar-refractivity contribution < 1.29 is 13.5 Å². The van der Waals surface area contributed by atoms with E-state index in [0.29, 0.717) is 18.5 Å². The van der Waals surface area contributed by atoms with Crippen LogP contribution >= 0.6 is 11.6 Å². The van der Waals surface area contributed by atoms with E-state index < -0.39 is 10.0 Å². The maximum Gasteiger partial charge on any atom is 0.245 e. The summed E-state index contributed by atoms with van der Waals surface area (Å²) in [7, 11) is -2.13. The van der Waals surface area contributed by atoms with E-state index in [1.54, 1.807) is 14.0 Å². The van der Waals surface area contributed by atoms with Crippen LogP contribution < -0.4 is 4.72 Å². The molecule has 0 aliphatic heterocycles. The largest absolute Gasteiger partial charge is 0.396 e. The zero-order chi connectivity index (χ0) is 13.9. The summed E-state index contributed by atoms with van der Waals surface area (Å²) in [6.45, 7) is 3.37. The number of halogens is 1. The number of nitrogens with zero attached hydrogens (tertiary/aromatic N) is 2. The first kappa shape index (κ1) is 15.4. The Morgan fingerprint density at radius 2 is 2.17 bits per heavy atom. The molecular formula is C10H18ClN3O3S. The zero-order valence-electron chi connectivity index (χ0n) is 10.6. The Kier molecular flexibility index (Phi) is 5.15. The van der Waals surface area contributed by atoms with Gasteiger partial charge in [0.2, 0.25) is 10.0 Å². The molecule has 8 heteroatoms.